The topological polar surface area (TPSA) is 60.9 Å². The van der Waals surface area contributed by atoms with Crippen molar-refractivity contribution in [3.63, 3.8) is 0 Å². The molecule has 0 aromatic heterocycles. The fourth-order valence-corrected chi connectivity index (χ4v) is 5.32. The fraction of sp³-hybridized carbons (Fsp3) is 0.591. The first-order valence-corrected chi connectivity index (χ1v) is 10.4. The van der Waals surface area contributed by atoms with Gasteiger partial charge in [0.25, 0.3) is 5.91 Å². The lowest BCUT2D eigenvalue weighted by Crippen LogP contribution is -2.51. The molecule has 3 amide bonds. The third kappa shape index (κ3) is 3.19. The van der Waals surface area contributed by atoms with Gasteiger partial charge >= 0.3 is 0 Å². The van der Waals surface area contributed by atoms with Crippen LogP contribution in [0.5, 0.6) is 0 Å². The fourth-order valence-electron chi connectivity index (χ4n) is 5.32. The second-order valence-electron chi connectivity index (χ2n) is 8.33. The van der Waals surface area contributed by atoms with Gasteiger partial charge in [-0.15, -0.1) is 0 Å². The summed E-state index contributed by atoms with van der Waals surface area (Å²) in [4.78, 5) is 44.5. The molecule has 3 heterocycles. The highest BCUT2D eigenvalue weighted by molar-refractivity contribution is 5.94. The first kappa shape index (κ1) is 19.0. The molecule has 3 fully saturated rings. The molecule has 6 nitrogen and oxygen atoms in total. The Morgan fingerprint density at radius 2 is 1.57 bits per heavy atom. The second-order valence-corrected chi connectivity index (χ2v) is 8.33. The van der Waals surface area contributed by atoms with E-state index in [0.29, 0.717) is 44.5 Å². The van der Waals surface area contributed by atoms with Crippen molar-refractivity contribution in [3.05, 3.63) is 35.9 Å². The monoisotopic (exact) mass is 383 g/mol. The van der Waals surface area contributed by atoms with Crippen LogP contribution in [0.15, 0.2) is 30.3 Å². The molecule has 150 valence electrons. The van der Waals surface area contributed by atoms with Gasteiger partial charge in [0.05, 0.1) is 5.41 Å². The zero-order valence-electron chi connectivity index (χ0n) is 16.6. The minimum Gasteiger partial charge on any atom is -0.342 e. The Balaban J connectivity index is 1.60. The highest BCUT2D eigenvalue weighted by Gasteiger charge is 2.55. The normalized spacial score (nSPS) is 27.5. The molecule has 0 unspecified atom stereocenters. The van der Waals surface area contributed by atoms with Crippen molar-refractivity contribution in [2.75, 3.05) is 32.7 Å². The third-order valence-corrected chi connectivity index (χ3v) is 6.84. The number of nitrogens with zero attached hydrogens (tertiary/aromatic N) is 3. The Kier molecular flexibility index (Phi) is 5.13. The molecule has 0 saturated carbocycles. The molecule has 0 N–H and O–H groups in total. The minimum atomic E-state index is -0.540. The molecule has 4 rings (SSSR count). The van der Waals surface area contributed by atoms with Gasteiger partial charge in [0.2, 0.25) is 11.8 Å². The molecule has 1 aromatic rings. The molecule has 0 bridgehead atoms. The molecule has 3 saturated heterocycles. The number of likely N-dealkylation sites (tertiary alicyclic amines) is 3. The van der Waals surface area contributed by atoms with Crippen molar-refractivity contribution < 1.29 is 14.4 Å². The average Bonchev–Trinajstić information content (AvgIpc) is 3.33. The molecule has 6 heteroatoms. The van der Waals surface area contributed by atoms with Gasteiger partial charge in [-0.1, -0.05) is 18.2 Å². The number of hydrogen-bond acceptors (Lipinski definition) is 3. The van der Waals surface area contributed by atoms with E-state index in [0.717, 1.165) is 25.9 Å². The zero-order valence-corrected chi connectivity index (χ0v) is 16.6. The molecule has 0 spiro atoms. The summed E-state index contributed by atoms with van der Waals surface area (Å²) in [5.74, 6) is 0.246. The summed E-state index contributed by atoms with van der Waals surface area (Å²) in [6, 6.07) is 9.21. The maximum atomic E-state index is 13.6. The van der Waals surface area contributed by atoms with Crippen molar-refractivity contribution in [1.82, 2.24) is 14.7 Å². The lowest BCUT2D eigenvalue weighted by Gasteiger charge is -2.37. The van der Waals surface area contributed by atoms with Crippen molar-refractivity contribution in [2.45, 2.75) is 45.1 Å². The largest absolute Gasteiger partial charge is 0.342 e. The summed E-state index contributed by atoms with van der Waals surface area (Å²) in [5, 5.41) is 0. The number of fused-ring (bicyclic) bond motifs is 1. The van der Waals surface area contributed by atoms with Gasteiger partial charge in [-0.05, 0) is 44.2 Å². The minimum absolute atomic E-state index is 0.0127. The maximum absolute atomic E-state index is 13.6. The van der Waals surface area contributed by atoms with Crippen LogP contribution in [0.4, 0.5) is 0 Å². The smallest absolute Gasteiger partial charge is 0.253 e. The van der Waals surface area contributed by atoms with Gasteiger partial charge in [-0.3, -0.25) is 14.4 Å². The van der Waals surface area contributed by atoms with Crippen molar-refractivity contribution in [1.29, 1.82) is 0 Å². The van der Waals surface area contributed by atoms with Gasteiger partial charge in [0, 0.05) is 51.3 Å². The van der Waals surface area contributed by atoms with Crippen molar-refractivity contribution in [3.8, 4) is 0 Å². The van der Waals surface area contributed by atoms with Crippen LogP contribution < -0.4 is 0 Å². The van der Waals surface area contributed by atoms with Crippen molar-refractivity contribution in [2.24, 2.45) is 5.41 Å². The number of benzene rings is 1. The predicted octanol–water partition coefficient (Wildman–Crippen LogP) is 2.15. The SMILES string of the molecule is CC(=O)N1CC[C@@]2(C(=O)N3CCCC3)CCN(C(=O)c3ccccc3)CC[C@@H]12. The number of carbonyl (C=O) groups excluding carboxylic acids is 3. The van der Waals surface area contributed by atoms with E-state index in [1.807, 2.05) is 45.0 Å². The highest BCUT2D eigenvalue weighted by atomic mass is 16.2. The summed E-state index contributed by atoms with van der Waals surface area (Å²) in [6.07, 6.45) is 4.12. The highest BCUT2D eigenvalue weighted by Crippen LogP contribution is 2.45. The van der Waals surface area contributed by atoms with Crippen LogP contribution in [0.25, 0.3) is 0 Å². The number of amides is 3. The zero-order chi connectivity index (χ0) is 19.7. The molecule has 0 radical (unpaired) electrons. The molecule has 1 aromatic carbocycles. The summed E-state index contributed by atoms with van der Waals surface area (Å²) < 4.78 is 0. The van der Waals surface area contributed by atoms with Crippen LogP contribution in [-0.2, 0) is 9.59 Å². The van der Waals surface area contributed by atoms with Gasteiger partial charge in [-0.25, -0.2) is 0 Å². The van der Waals surface area contributed by atoms with Crippen LogP contribution in [0.1, 0.15) is 49.4 Å². The second kappa shape index (κ2) is 7.57. The molecular weight excluding hydrogens is 354 g/mol. The van der Waals surface area contributed by atoms with E-state index in [1.165, 1.54) is 0 Å². The predicted molar refractivity (Wildman–Crippen MR) is 106 cm³/mol. The van der Waals surface area contributed by atoms with Crippen molar-refractivity contribution >= 4 is 17.7 Å². The number of rotatable bonds is 2. The Morgan fingerprint density at radius 1 is 0.893 bits per heavy atom. The molecular formula is C22H29N3O3. The number of carbonyl (C=O) groups is 3. The Labute approximate surface area is 166 Å². The first-order chi connectivity index (χ1) is 13.5. The van der Waals surface area contributed by atoms with Crippen LogP contribution in [0.3, 0.4) is 0 Å². The van der Waals surface area contributed by atoms with Gasteiger partial charge in [0.1, 0.15) is 0 Å². The third-order valence-electron chi connectivity index (χ3n) is 6.84. The molecule has 0 aliphatic carbocycles. The van der Waals surface area contributed by atoms with Gasteiger partial charge in [0.15, 0.2) is 0 Å². The lowest BCUT2D eigenvalue weighted by atomic mass is 9.75. The van der Waals surface area contributed by atoms with Crippen LogP contribution in [-0.4, -0.2) is 71.2 Å². The lowest BCUT2D eigenvalue weighted by molar-refractivity contribution is -0.144. The van der Waals surface area contributed by atoms with Crippen LogP contribution in [0.2, 0.25) is 0 Å². The van der Waals surface area contributed by atoms with Gasteiger partial charge < -0.3 is 14.7 Å². The first-order valence-electron chi connectivity index (χ1n) is 10.4. The van der Waals surface area contributed by atoms with E-state index in [1.54, 1.807) is 6.92 Å². The van der Waals surface area contributed by atoms with E-state index in [2.05, 4.69) is 0 Å². The van der Waals surface area contributed by atoms with Crippen LogP contribution in [0, 0.1) is 5.41 Å². The molecule has 2 atom stereocenters. The quantitative estimate of drug-likeness (QED) is 0.786. The maximum Gasteiger partial charge on any atom is 0.253 e. The summed E-state index contributed by atoms with van der Waals surface area (Å²) in [7, 11) is 0. The summed E-state index contributed by atoms with van der Waals surface area (Å²) >= 11 is 0. The Hall–Kier alpha value is -2.37. The Morgan fingerprint density at radius 3 is 2.25 bits per heavy atom. The van der Waals surface area contributed by atoms with E-state index in [9.17, 15) is 14.4 Å². The molecule has 3 aliphatic rings. The van der Waals surface area contributed by atoms with E-state index < -0.39 is 5.41 Å². The molecule has 3 aliphatic heterocycles. The Bertz CT molecular complexity index is 760. The summed E-state index contributed by atoms with van der Waals surface area (Å²) in [5.41, 5.74) is 0.139. The molecule has 28 heavy (non-hydrogen) atoms. The number of hydrogen-bond donors (Lipinski definition) is 0. The van der Waals surface area contributed by atoms with E-state index in [-0.39, 0.29) is 23.8 Å². The summed E-state index contributed by atoms with van der Waals surface area (Å²) in [6.45, 7) is 5.02. The standard InChI is InChI=1S/C22H29N3O3/c1-17(26)25-16-11-22(21(28)24-12-5-6-13-24)10-15-23(14-9-19(22)25)20(27)18-7-3-2-4-8-18/h2-4,7-8,19H,5-6,9-16H2,1H3/t19-,22+/m1/s1. The van der Waals surface area contributed by atoms with Gasteiger partial charge in [-0.2, -0.15) is 0 Å². The average molecular weight is 383 g/mol. The van der Waals surface area contributed by atoms with E-state index >= 15 is 0 Å². The van der Waals surface area contributed by atoms with E-state index in [4.69, 9.17) is 0 Å². The van der Waals surface area contributed by atoms with Crippen LogP contribution >= 0.6 is 0 Å².